The van der Waals surface area contributed by atoms with Crippen molar-refractivity contribution >= 4 is 5.91 Å². The molecule has 0 aromatic heterocycles. The average Bonchev–Trinajstić information content (AvgIpc) is 3.20. The first-order valence-electron chi connectivity index (χ1n) is 8.03. The molecule has 1 aromatic rings. The summed E-state index contributed by atoms with van der Waals surface area (Å²) in [6.07, 6.45) is 4.77. The van der Waals surface area contributed by atoms with Crippen molar-refractivity contribution in [2.45, 2.75) is 25.7 Å². The zero-order valence-corrected chi connectivity index (χ0v) is 12.4. The van der Waals surface area contributed by atoms with Crippen LogP contribution >= 0.6 is 0 Å². The smallest absolute Gasteiger partial charge is 0.255 e. The minimum absolute atomic E-state index is 0.0210. The Balaban J connectivity index is 1.50. The van der Waals surface area contributed by atoms with E-state index in [-0.39, 0.29) is 5.91 Å². The molecule has 4 heteroatoms. The predicted octanol–water partition coefficient (Wildman–Crippen LogP) is 2.20. The van der Waals surface area contributed by atoms with Crippen LogP contribution in [0.3, 0.4) is 0 Å². The highest BCUT2D eigenvalue weighted by atomic mass is 16.5. The molecule has 1 aliphatic heterocycles. The summed E-state index contributed by atoms with van der Waals surface area (Å²) in [5.74, 6) is 2.08. The highest BCUT2D eigenvalue weighted by Crippen LogP contribution is 2.30. The Morgan fingerprint density at radius 2 is 2.10 bits per heavy atom. The second-order valence-electron chi connectivity index (χ2n) is 6.15. The summed E-state index contributed by atoms with van der Waals surface area (Å²) < 4.78 is 5.79. The van der Waals surface area contributed by atoms with E-state index in [0.29, 0.717) is 23.1 Å². The molecule has 0 radical (unpaired) electrons. The number of rotatable bonds is 7. The topological polar surface area (TPSA) is 50.4 Å². The summed E-state index contributed by atoms with van der Waals surface area (Å²) in [6.45, 7) is 3.66. The molecule has 0 spiro atoms. The Kier molecular flexibility index (Phi) is 4.76. The van der Waals surface area contributed by atoms with Gasteiger partial charge in [0.2, 0.25) is 0 Å². The molecule has 1 aromatic carbocycles. The number of ether oxygens (including phenoxy) is 1. The fourth-order valence-corrected chi connectivity index (χ4v) is 2.72. The molecule has 2 aliphatic rings. The van der Waals surface area contributed by atoms with Gasteiger partial charge in [-0.05, 0) is 62.7 Å². The first-order chi connectivity index (χ1) is 10.3. The molecule has 1 amide bonds. The molecular weight excluding hydrogens is 264 g/mol. The number of carbonyl (C=O) groups is 1. The van der Waals surface area contributed by atoms with Gasteiger partial charge in [0.05, 0.1) is 12.2 Å². The fraction of sp³-hybridized carbons (Fsp3) is 0.588. The van der Waals surface area contributed by atoms with E-state index in [1.807, 2.05) is 24.3 Å². The van der Waals surface area contributed by atoms with Crippen molar-refractivity contribution in [3.8, 4) is 5.75 Å². The molecule has 1 aliphatic carbocycles. The normalized spacial score (nSPS) is 21.2. The van der Waals surface area contributed by atoms with E-state index in [1.54, 1.807) is 0 Å². The maximum absolute atomic E-state index is 12.3. The third-order valence-electron chi connectivity index (χ3n) is 4.30. The van der Waals surface area contributed by atoms with Gasteiger partial charge in [-0.15, -0.1) is 0 Å². The lowest BCUT2D eigenvalue weighted by atomic mass is 10.1. The van der Waals surface area contributed by atoms with Gasteiger partial charge in [0.1, 0.15) is 5.75 Å². The first-order valence-corrected chi connectivity index (χ1v) is 8.03. The Labute approximate surface area is 126 Å². The van der Waals surface area contributed by atoms with Gasteiger partial charge in [0.15, 0.2) is 0 Å². The number of hydrogen-bond donors (Lipinski definition) is 2. The van der Waals surface area contributed by atoms with Gasteiger partial charge in [-0.1, -0.05) is 12.1 Å². The van der Waals surface area contributed by atoms with Crippen molar-refractivity contribution in [1.82, 2.24) is 10.6 Å². The van der Waals surface area contributed by atoms with Gasteiger partial charge in [0, 0.05) is 6.54 Å². The molecule has 2 N–H and O–H groups in total. The Morgan fingerprint density at radius 1 is 1.24 bits per heavy atom. The minimum Gasteiger partial charge on any atom is -0.492 e. The molecular formula is C17H24N2O2. The van der Waals surface area contributed by atoms with Crippen LogP contribution in [0.15, 0.2) is 24.3 Å². The van der Waals surface area contributed by atoms with Crippen LogP contribution in [-0.4, -0.2) is 32.1 Å². The highest BCUT2D eigenvalue weighted by molar-refractivity contribution is 5.96. The zero-order valence-electron chi connectivity index (χ0n) is 12.4. The second kappa shape index (κ2) is 6.94. The molecule has 1 atom stereocenters. The maximum Gasteiger partial charge on any atom is 0.255 e. The van der Waals surface area contributed by atoms with E-state index in [1.165, 1.54) is 19.3 Å². The van der Waals surface area contributed by atoms with Crippen LogP contribution in [-0.2, 0) is 0 Å². The van der Waals surface area contributed by atoms with Crippen molar-refractivity contribution in [2.24, 2.45) is 11.8 Å². The number of carbonyl (C=O) groups excluding carboxylic acids is 1. The van der Waals surface area contributed by atoms with E-state index in [2.05, 4.69) is 10.6 Å². The molecule has 1 unspecified atom stereocenters. The zero-order chi connectivity index (χ0) is 14.5. The monoisotopic (exact) mass is 288 g/mol. The Morgan fingerprint density at radius 3 is 2.86 bits per heavy atom. The van der Waals surface area contributed by atoms with Crippen molar-refractivity contribution in [3.05, 3.63) is 29.8 Å². The van der Waals surface area contributed by atoms with Crippen molar-refractivity contribution in [2.75, 3.05) is 26.2 Å². The first kappa shape index (κ1) is 14.4. The van der Waals surface area contributed by atoms with Crippen molar-refractivity contribution in [1.29, 1.82) is 0 Å². The lowest BCUT2D eigenvalue weighted by molar-refractivity contribution is 0.0947. The van der Waals surface area contributed by atoms with Gasteiger partial charge in [-0.3, -0.25) is 4.79 Å². The number of para-hydroxylation sites is 1. The summed E-state index contributed by atoms with van der Waals surface area (Å²) >= 11 is 0. The Bertz CT molecular complexity index is 479. The molecule has 4 nitrogen and oxygen atoms in total. The summed E-state index contributed by atoms with van der Waals surface area (Å²) in [5.41, 5.74) is 0.655. The number of amides is 1. The standard InChI is InChI=1S/C17H24N2O2/c20-17(19-10-8-13-7-9-18-11-13)15-3-1-2-4-16(15)21-12-14-5-6-14/h1-4,13-14,18H,5-12H2,(H,19,20). The maximum atomic E-state index is 12.3. The highest BCUT2D eigenvalue weighted by Gasteiger charge is 2.23. The second-order valence-corrected chi connectivity index (χ2v) is 6.15. The molecule has 1 saturated carbocycles. The predicted molar refractivity (Wildman–Crippen MR) is 82.6 cm³/mol. The van der Waals surface area contributed by atoms with Crippen molar-refractivity contribution < 1.29 is 9.53 Å². The molecule has 0 bridgehead atoms. The molecule has 3 rings (SSSR count). The summed E-state index contributed by atoms with van der Waals surface area (Å²) in [4.78, 5) is 12.3. The van der Waals surface area contributed by atoms with E-state index in [4.69, 9.17) is 4.74 Å². The molecule has 2 fully saturated rings. The quantitative estimate of drug-likeness (QED) is 0.809. The van der Waals surface area contributed by atoms with Gasteiger partial charge in [-0.25, -0.2) is 0 Å². The van der Waals surface area contributed by atoms with Crippen LogP contribution in [0.4, 0.5) is 0 Å². The molecule has 1 saturated heterocycles. The van der Waals surface area contributed by atoms with Crippen LogP contribution in [0.25, 0.3) is 0 Å². The summed E-state index contributed by atoms with van der Waals surface area (Å²) in [7, 11) is 0. The number of nitrogens with one attached hydrogen (secondary N) is 2. The van der Waals surface area contributed by atoms with Crippen LogP contribution in [0.2, 0.25) is 0 Å². The van der Waals surface area contributed by atoms with E-state index in [9.17, 15) is 4.79 Å². The minimum atomic E-state index is -0.0210. The SMILES string of the molecule is O=C(NCCC1CCNC1)c1ccccc1OCC1CC1. The van der Waals surface area contributed by atoms with Gasteiger partial charge in [-0.2, -0.15) is 0 Å². The van der Waals surface area contributed by atoms with Crippen molar-refractivity contribution in [3.63, 3.8) is 0 Å². The van der Waals surface area contributed by atoms with Gasteiger partial charge < -0.3 is 15.4 Å². The van der Waals surface area contributed by atoms with Gasteiger partial charge in [0.25, 0.3) is 5.91 Å². The van der Waals surface area contributed by atoms with Crippen LogP contribution in [0.1, 0.15) is 36.0 Å². The largest absolute Gasteiger partial charge is 0.492 e. The number of hydrogen-bond acceptors (Lipinski definition) is 3. The third-order valence-corrected chi connectivity index (χ3v) is 4.30. The van der Waals surface area contributed by atoms with Gasteiger partial charge >= 0.3 is 0 Å². The van der Waals surface area contributed by atoms with Crippen LogP contribution < -0.4 is 15.4 Å². The molecule has 114 valence electrons. The number of benzene rings is 1. The third kappa shape index (κ3) is 4.21. The summed E-state index contributed by atoms with van der Waals surface area (Å²) in [6, 6.07) is 7.54. The summed E-state index contributed by atoms with van der Waals surface area (Å²) in [5, 5.41) is 6.37. The average molecular weight is 288 g/mol. The lowest BCUT2D eigenvalue weighted by Gasteiger charge is -2.12. The Hall–Kier alpha value is -1.55. The van der Waals surface area contributed by atoms with E-state index >= 15 is 0 Å². The van der Waals surface area contributed by atoms with Crippen LogP contribution in [0.5, 0.6) is 5.75 Å². The molecule has 21 heavy (non-hydrogen) atoms. The van der Waals surface area contributed by atoms with E-state index < -0.39 is 0 Å². The lowest BCUT2D eigenvalue weighted by Crippen LogP contribution is -2.27. The van der Waals surface area contributed by atoms with Crippen LogP contribution in [0, 0.1) is 11.8 Å². The van der Waals surface area contributed by atoms with E-state index in [0.717, 1.165) is 32.7 Å². The fourth-order valence-electron chi connectivity index (χ4n) is 2.72. The molecule has 1 heterocycles.